The van der Waals surface area contributed by atoms with E-state index in [1.807, 2.05) is 0 Å². The summed E-state index contributed by atoms with van der Waals surface area (Å²) in [5, 5.41) is 5.56. The molecule has 3 atom stereocenters. The predicted octanol–water partition coefficient (Wildman–Crippen LogP) is -1.89. The number of nitrogens with one attached hydrogen (secondary N) is 2. The van der Waals surface area contributed by atoms with Gasteiger partial charge in [-0.2, -0.15) is 4.98 Å². The normalized spacial score (nSPS) is 25.2. The van der Waals surface area contributed by atoms with Gasteiger partial charge in [0.05, 0.1) is 12.6 Å². The molecule has 2 aliphatic heterocycles. The smallest absolute Gasteiger partial charge is 0.351 e. The summed E-state index contributed by atoms with van der Waals surface area (Å²) in [4.78, 5) is 38.9. The molecule has 2 aliphatic rings. The maximum Gasteiger partial charge on any atom is 0.351 e. The molecule has 2 fully saturated rings. The minimum absolute atomic E-state index is 0.109. The Morgan fingerprint density at radius 2 is 2.35 bits per heavy atom. The average molecular weight is 367 g/mol. The monoisotopic (exact) mass is 367 g/mol. The first-order chi connectivity index (χ1) is 12.5. The van der Waals surface area contributed by atoms with Gasteiger partial charge in [-0.25, -0.2) is 4.79 Å². The summed E-state index contributed by atoms with van der Waals surface area (Å²) in [6.07, 6.45) is 1.67. The number of nitrogen functional groups attached to an aromatic ring is 1. The first-order valence-corrected chi connectivity index (χ1v) is 8.31. The van der Waals surface area contributed by atoms with Crippen LogP contribution >= 0.6 is 0 Å². The molecule has 3 heterocycles. The summed E-state index contributed by atoms with van der Waals surface area (Å²) in [6.45, 7) is 0.531. The number of carbonyl (C=O) groups is 2. The minimum atomic E-state index is -0.805. The molecule has 1 aromatic heterocycles. The van der Waals surface area contributed by atoms with Gasteiger partial charge in [0, 0.05) is 6.20 Å². The van der Waals surface area contributed by atoms with Crippen LogP contribution in [-0.4, -0.2) is 60.1 Å². The molecule has 26 heavy (non-hydrogen) atoms. The molecular formula is C15H21N5O6. The first kappa shape index (κ1) is 18.3. The molecule has 0 spiro atoms. The maximum atomic E-state index is 11.8. The van der Waals surface area contributed by atoms with Gasteiger partial charge in [0.1, 0.15) is 19.0 Å². The van der Waals surface area contributed by atoms with Gasteiger partial charge in [-0.15, -0.1) is 0 Å². The number of hydrogen-bond donors (Lipinski definition) is 3. The third-order valence-electron chi connectivity index (χ3n) is 4.06. The summed E-state index contributed by atoms with van der Waals surface area (Å²) in [7, 11) is 0. The van der Waals surface area contributed by atoms with E-state index in [0.29, 0.717) is 0 Å². The number of esters is 1. The van der Waals surface area contributed by atoms with E-state index in [9.17, 15) is 14.4 Å². The zero-order chi connectivity index (χ0) is 18.5. The van der Waals surface area contributed by atoms with Gasteiger partial charge in [0.15, 0.2) is 12.5 Å². The van der Waals surface area contributed by atoms with E-state index in [1.165, 1.54) is 16.8 Å². The van der Waals surface area contributed by atoms with Gasteiger partial charge in [0.2, 0.25) is 5.91 Å². The van der Waals surface area contributed by atoms with E-state index in [0.717, 1.165) is 19.4 Å². The second-order valence-corrected chi connectivity index (χ2v) is 5.95. The van der Waals surface area contributed by atoms with Crippen molar-refractivity contribution < 1.29 is 23.8 Å². The zero-order valence-electron chi connectivity index (χ0n) is 14.1. The molecule has 0 aromatic carbocycles. The number of ether oxygens (including phenoxy) is 3. The SMILES string of the molecule is Nc1ccn(C2COC(COC(=O)CNC(=O)C3CCCN3)O2)c(=O)n1. The fourth-order valence-corrected chi connectivity index (χ4v) is 2.72. The Morgan fingerprint density at radius 3 is 3.08 bits per heavy atom. The van der Waals surface area contributed by atoms with Crippen molar-refractivity contribution in [3.05, 3.63) is 22.7 Å². The number of aromatic nitrogens is 2. The number of rotatable bonds is 6. The Hall–Kier alpha value is -2.50. The first-order valence-electron chi connectivity index (χ1n) is 8.31. The van der Waals surface area contributed by atoms with E-state index in [4.69, 9.17) is 19.9 Å². The van der Waals surface area contributed by atoms with Gasteiger partial charge < -0.3 is 30.6 Å². The molecule has 4 N–H and O–H groups in total. The third kappa shape index (κ3) is 4.56. The molecule has 3 unspecified atom stereocenters. The highest BCUT2D eigenvalue weighted by molar-refractivity contribution is 5.85. The van der Waals surface area contributed by atoms with Crippen LogP contribution in [0.25, 0.3) is 0 Å². The van der Waals surface area contributed by atoms with Crippen molar-refractivity contribution in [1.82, 2.24) is 20.2 Å². The highest BCUT2D eigenvalue weighted by Crippen LogP contribution is 2.19. The van der Waals surface area contributed by atoms with Crippen LogP contribution in [0.1, 0.15) is 19.1 Å². The van der Waals surface area contributed by atoms with Crippen LogP contribution in [0.2, 0.25) is 0 Å². The molecule has 3 rings (SSSR count). The number of hydrogen-bond acceptors (Lipinski definition) is 9. The molecule has 11 nitrogen and oxygen atoms in total. The van der Waals surface area contributed by atoms with E-state index in [1.54, 1.807) is 0 Å². The second kappa shape index (κ2) is 8.25. The van der Waals surface area contributed by atoms with Crippen LogP contribution in [-0.2, 0) is 23.8 Å². The largest absolute Gasteiger partial charge is 0.459 e. The molecule has 11 heteroatoms. The Bertz CT molecular complexity index is 717. The third-order valence-corrected chi connectivity index (χ3v) is 4.06. The van der Waals surface area contributed by atoms with Gasteiger partial charge in [0.25, 0.3) is 0 Å². The van der Waals surface area contributed by atoms with Gasteiger partial charge in [-0.1, -0.05) is 0 Å². The zero-order valence-corrected chi connectivity index (χ0v) is 14.1. The Labute approximate surface area is 148 Å². The van der Waals surface area contributed by atoms with Crippen LogP contribution in [0.3, 0.4) is 0 Å². The predicted molar refractivity (Wildman–Crippen MR) is 87.8 cm³/mol. The van der Waals surface area contributed by atoms with E-state index >= 15 is 0 Å². The second-order valence-electron chi connectivity index (χ2n) is 5.95. The fourth-order valence-electron chi connectivity index (χ4n) is 2.72. The molecule has 0 aliphatic carbocycles. The van der Waals surface area contributed by atoms with Crippen LogP contribution in [0.15, 0.2) is 17.1 Å². The molecule has 1 aromatic rings. The van der Waals surface area contributed by atoms with Gasteiger partial charge in [-0.05, 0) is 25.5 Å². The van der Waals surface area contributed by atoms with Crippen molar-refractivity contribution in [2.75, 3.05) is 32.0 Å². The number of anilines is 1. The average Bonchev–Trinajstić information content (AvgIpc) is 3.29. The number of carbonyl (C=O) groups excluding carboxylic acids is 2. The summed E-state index contributed by atoms with van der Waals surface area (Å²) in [5.41, 5.74) is 4.88. The minimum Gasteiger partial charge on any atom is -0.459 e. The lowest BCUT2D eigenvalue weighted by atomic mass is 10.2. The standard InChI is InChI=1S/C15H21N5O6/c16-10-3-5-20(15(23)19-10)11-7-25-13(26-11)8-24-12(21)6-18-14(22)9-2-1-4-17-9/h3,5,9,11,13,17H,1-2,4,6-8H2,(H,18,22)(H2,16,19,23). The number of amides is 1. The van der Waals surface area contributed by atoms with Crippen molar-refractivity contribution in [1.29, 1.82) is 0 Å². The molecule has 2 saturated heterocycles. The maximum absolute atomic E-state index is 11.8. The van der Waals surface area contributed by atoms with E-state index in [2.05, 4.69) is 15.6 Å². The van der Waals surface area contributed by atoms with Crippen molar-refractivity contribution in [2.24, 2.45) is 0 Å². The highest BCUT2D eigenvalue weighted by Gasteiger charge is 2.29. The van der Waals surface area contributed by atoms with Crippen LogP contribution in [0, 0.1) is 0 Å². The van der Waals surface area contributed by atoms with E-state index < -0.39 is 24.2 Å². The number of nitrogens with zero attached hydrogens (tertiary/aromatic N) is 2. The summed E-state index contributed by atoms with van der Waals surface area (Å²) in [5.74, 6) is -0.702. The Balaban J connectivity index is 1.39. The van der Waals surface area contributed by atoms with Crippen LogP contribution in [0.4, 0.5) is 5.82 Å². The Kier molecular flexibility index (Phi) is 5.81. The summed E-state index contributed by atoms with van der Waals surface area (Å²) >= 11 is 0. The Morgan fingerprint density at radius 1 is 1.50 bits per heavy atom. The lowest BCUT2D eigenvalue weighted by molar-refractivity contribution is -0.158. The lowest BCUT2D eigenvalue weighted by Gasteiger charge is -2.14. The topological polar surface area (TPSA) is 147 Å². The molecule has 1 amide bonds. The van der Waals surface area contributed by atoms with Crippen LogP contribution in [0.5, 0.6) is 0 Å². The van der Waals surface area contributed by atoms with E-state index in [-0.39, 0.29) is 37.5 Å². The molecule has 0 saturated carbocycles. The molecule has 0 radical (unpaired) electrons. The van der Waals surface area contributed by atoms with Crippen molar-refractivity contribution in [2.45, 2.75) is 31.4 Å². The number of nitrogens with two attached hydrogens (primary N) is 1. The highest BCUT2D eigenvalue weighted by atomic mass is 16.7. The summed E-state index contributed by atoms with van der Waals surface area (Å²) in [6, 6.07) is 1.22. The van der Waals surface area contributed by atoms with Crippen molar-refractivity contribution >= 4 is 17.7 Å². The van der Waals surface area contributed by atoms with Crippen molar-refractivity contribution in [3.8, 4) is 0 Å². The van der Waals surface area contributed by atoms with Gasteiger partial charge in [-0.3, -0.25) is 14.2 Å². The lowest BCUT2D eigenvalue weighted by Crippen LogP contribution is -2.42. The summed E-state index contributed by atoms with van der Waals surface area (Å²) < 4.78 is 17.1. The van der Waals surface area contributed by atoms with Crippen molar-refractivity contribution in [3.63, 3.8) is 0 Å². The quantitative estimate of drug-likeness (QED) is 0.491. The van der Waals surface area contributed by atoms with Gasteiger partial charge >= 0.3 is 11.7 Å². The molecule has 0 bridgehead atoms. The van der Waals surface area contributed by atoms with Crippen LogP contribution < -0.4 is 22.1 Å². The molecular weight excluding hydrogens is 346 g/mol. The fraction of sp³-hybridized carbons (Fsp3) is 0.600. The molecule has 142 valence electrons.